The lowest BCUT2D eigenvalue weighted by molar-refractivity contribution is -0.138. The average Bonchev–Trinajstić information content (AvgIpc) is 2.97. The van der Waals surface area contributed by atoms with Crippen LogP contribution in [0.2, 0.25) is 0 Å². The molecule has 2 aromatic rings. The van der Waals surface area contributed by atoms with Crippen LogP contribution in [0.25, 0.3) is 0 Å². The van der Waals surface area contributed by atoms with Crippen LogP contribution in [0.15, 0.2) is 42.7 Å². The third kappa shape index (κ3) is 6.80. The fourth-order valence-electron chi connectivity index (χ4n) is 4.38. The summed E-state index contributed by atoms with van der Waals surface area (Å²) in [5.41, 5.74) is 1.17. The maximum atomic E-state index is 13.6. The Bertz CT molecular complexity index is 965. The average molecular weight is 474 g/mol. The lowest BCUT2D eigenvalue weighted by Gasteiger charge is -2.30. The van der Waals surface area contributed by atoms with Crippen molar-refractivity contribution in [3.8, 4) is 0 Å². The standard InChI is InChI=1S/C25H29F2N3O4/c26-21-9-20(10-22(27)12-21)11-24(31)30-15-23(34-17-19-1-5-28-6-2-19)14-29(25(32)16-30)13-18-3-7-33-8-4-18/h1-2,5-6,9-10,12,18,23H,3-4,7-8,11,13-17H2/t23-/m1/s1. The van der Waals surface area contributed by atoms with Crippen molar-refractivity contribution in [2.45, 2.75) is 32.0 Å². The van der Waals surface area contributed by atoms with Gasteiger partial charge >= 0.3 is 0 Å². The van der Waals surface area contributed by atoms with Crippen molar-refractivity contribution in [2.75, 3.05) is 39.4 Å². The van der Waals surface area contributed by atoms with Crippen molar-refractivity contribution >= 4 is 11.8 Å². The summed E-state index contributed by atoms with van der Waals surface area (Å²) in [7, 11) is 0. The number of carbonyl (C=O) groups excluding carboxylic acids is 2. The highest BCUT2D eigenvalue weighted by Crippen LogP contribution is 2.20. The van der Waals surface area contributed by atoms with Gasteiger partial charge < -0.3 is 19.3 Å². The van der Waals surface area contributed by atoms with Gasteiger partial charge in [0.25, 0.3) is 0 Å². The first-order valence-corrected chi connectivity index (χ1v) is 11.5. The van der Waals surface area contributed by atoms with E-state index in [-0.39, 0.29) is 36.9 Å². The Morgan fingerprint density at radius 3 is 2.47 bits per heavy atom. The van der Waals surface area contributed by atoms with Gasteiger partial charge in [-0.2, -0.15) is 0 Å². The second-order valence-electron chi connectivity index (χ2n) is 8.87. The molecule has 0 radical (unpaired) electrons. The molecule has 1 aromatic carbocycles. The number of rotatable bonds is 7. The molecule has 2 aliphatic rings. The van der Waals surface area contributed by atoms with E-state index in [1.165, 1.54) is 4.90 Å². The molecule has 182 valence electrons. The minimum absolute atomic E-state index is 0.0883. The lowest BCUT2D eigenvalue weighted by Crippen LogP contribution is -2.42. The van der Waals surface area contributed by atoms with Gasteiger partial charge in [-0.25, -0.2) is 8.78 Å². The largest absolute Gasteiger partial charge is 0.381 e. The first kappa shape index (κ1) is 24.2. The summed E-state index contributed by atoms with van der Waals surface area (Å²) in [4.78, 5) is 33.4. The highest BCUT2D eigenvalue weighted by atomic mass is 19.1. The summed E-state index contributed by atoms with van der Waals surface area (Å²) in [6.07, 6.45) is 4.55. The normalized spacial score (nSPS) is 19.8. The second-order valence-corrected chi connectivity index (χ2v) is 8.87. The van der Waals surface area contributed by atoms with Crippen molar-refractivity contribution in [3.63, 3.8) is 0 Å². The Kier molecular flexibility index (Phi) is 8.18. The van der Waals surface area contributed by atoms with E-state index in [4.69, 9.17) is 9.47 Å². The van der Waals surface area contributed by atoms with Crippen LogP contribution in [-0.4, -0.2) is 72.1 Å². The highest BCUT2D eigenvalue weighted by Gasteiger charge is 2.32. The SMILES string of the molecule is O=C(Cc1cc(F)cc(F)c1)N1CC(=O)N(CC2CCOCC2)C[C@@H](OCc2ccncc2)C1. The molecular weight excluding hydrogens is 444 g/mol. The minimum Gasteiger partial charge on any atom is -0.381 e. The minimum atomic E-state index is -0.740. The zero-order valence-electron chi connectivity index (χ0n) is 19.0. The molecule has 2 amide bonds. The van der Waals surface area contributed by atoms with Gasteiger partial charge in [-0.05, 0) is 54.2 Å². The number of halogens is 2. The van der Waals surface area contributed by atoms with Gasteiger partial charge in [0.05, 0.1) is 25.7 Å². The number of amides is 2. The summed E-state index contributed by atoms with van der Waals surface area (Å²) in [6, 6.07) is 6.73. The number of hydrogen-bond acceptors (Lipinski definition) is 5. The molecule has 0 saturated carbocycles. The number of ether oxygens (including phenoxy) is 2. The Labute approximate surface area is 197 Å². The Hall–Kier alpha value is -2.91. The van der Waals surface area contributed by atoms with E-state index >= 15 is 0 Å². The molecule has 0 N–H and O–H groups in total. The van der Waals surface area contributed by atoms with Crippen LogP contribution in [-0.2, 0) is 32.1 Å². The fraction of sp³-hybridized carbons (Fsp3) is 0.480. The van der Waals surface area contributed by atoms with Gasteiger partial charge in [0, 0.05) is 51.3 Å². The van der Waals surface area contributed by atoms with E-state index in [9.17, 15) is 18.4 Å². The summed E-state index contributed by atoms with van der Waals surface area (Å²) >= 11 is 0. The maximum Gasteiger partial charge on any atom is 0.242 e. The Morgan fingerprint density at radius 1 is 1.06 bits per heavy atom. The van der Waals surface area contributed by atoms with Gasteiger partial charge in [-0.15, -0.1) is 0 Å². The van der Waals surface area contributed by atoms with Gasteiger partial charge in [0.2, 0.25) is 11.8 Å². The van der Waals surface area contributed by atoms with E-state index in [0.29, 0.717) is 38.8 Å². The molecule has 3 heterocycles. The van der Waals surface area contributed by atoms with E-state index in [0.717, 1.165) is 36.6 Å². The van der Waals surface area contributed by atoms with Crippen molar-refractivity contribution < 1.29 is 27.8 Å². The molecule has 4 rings (SSSR count). The van der Waals surface area contributed by atoms with Gasteiger partial charge in [0.15, 0.2) is 0 Å². The number of hydrogen-bond donors (Lipinski definition) is 0. The van der Waals surface area contributed by atoms with Crippen molar-refractivity contribution in [1.82, 2.24) is 14.8 Å². The molecule has 2 aliphatic heterocycles. The predicted molar refractivity (Wildman–Crippen MR) is 120 cm³/mol. The van der Waals surface area contributed by atoms with Crippen molar-refractivity contribution in [3.05, 3.63) is 65.5 Å². The van der Waals surface area contributed by atoms with E-state index < -0.39 is 17.7 Å². The van der Waals surface area contributed by atoms with Gasteiger partial charge in [-0.1, -0.05) is 0 Å². The molecule has 0 bridgehead atoms. The first-order chi connectivity index (χ1) is 16.5. The van der Waals surface area contributed by atoms with E-state index in [2.05, 4.69) is 4.98 Å². The molecular formula is C25H29F2N3O4. The quantitative estimate of drug-likeness (QED) is 0.618. The fourth-order valence-corrected chi connectivity index (χ4v) is 4.38. The molecule has 1 atom stereocenters. The van der Waals surface area contributed by atoms with Crippen LogP contribution >= 0.6 is 0 Å². The van der Waals surface area contributed by atoms with E-state index in [1.807, 2.05) is 12.1 Å². The number of carbonyl (C=O) groups is 2. The predicted octanol–water partition coefficient (Wildman–Crippen LogP) is 2.59. The molecule has 0 spiro atoms. The molecule has 0 unspecified atom stereocenters. The van der Waals surface area contributed by atoms with Crippen LogP contribution in [0.4, 0.5) is 8.78 Å². The second kappa shape index (κ2) is 11.5. The first-order valence-electron chi connectivity index (χ1n) is 11.5. The highest BCUT2D eigenvalue weighted by molar-refractivity contribution is 5.86. The van der Waals surface area contributed by atoms with Crippen LogP contribution < -0.4 is 0 Å². The van der Waals surface area contributed by atoms with Crippen molar-refractivity contribution in [1.29, 1.82) is 0 Å². The summed E-state index contributed by atoms with van der Waals surface area (Å²) in [5.74, 6) is -1.66. The Balaban J connectivity index is 1.47. The third-order valence-electron chi connectivity index (χ3n) is 6.21. The zero-order valence-corrected chi connectivity index (χ0v) is 19.0. The molecule has 2 fully saturated rings. The summed E-state index contributed by atoms with van der Waals surface area (Å²) in [6.45, 7) is 2.79. The topological polar surface area (TPSA) is 72.0 Å². The molecule has 1 aromatic heterocycles. The molecule has 9 heteroatoms. The number of pyridine rings is 1. The van der Waals surface area contributed by atoms with Crippen LogP contribution in [0.3, 0.4) is 0 Å². The summed E-state index contributed by atoms with van der Waals surface area (Å²) in [5, 5.41) is 0. The van der Waals surface area contributed by atoms with Crippen molar-refractivity contribution in [2.24, 2.45) is 5.92 Å². The number of aromatic nitrogens is 1. The number of benzene rings is 1. The molecule has 7 nitrogen and oxygen atoms in total. The molecule has 0 aliphatic carbocycles. The van der Waals surface area contributed by atoms with Gasteiger partial charge in [0.1, 0.15) is 11.6 Å². The number of nitrogens with zero attached hydrogens (tertiary/aromatic N) is 3. The Morgan fingerprint density at radius 2 is 1.76 bits per heavy atom. The monoisotopic (exact) mass is 473 g/mol. The molecule has 34 heavy (non-hydrogen) atoms. The third-order valence-corrected chi connectivity index (χ3v) is 6.21. The van der Waals surface area contributed by atoms with Crippen LogP contribution in [0.5, 0.6) is 0 Å². The lowest BCUT2D eigenvalue weighted by atomic mass is 9.99. The zero-order chi connectivity index (χ0) is 23.9. The van der Waals surface area contributed by atoms with Gasteiger partial charge in [-0.3, -0.25) is 14.6 Å². The molecule has 2 saturated heterocycles. The van der Waals surface area contributed by atoms with Crippen LogP contribution in [0.1, 0.15) is 24.0 Å². The summed E-state index contributed by atoms with van der Waals surface area (Å²) < 4.78 is 38.7. The van der Waals surface area contributed by atoms with Crippen LogP contribution in [0, 0.1) is 17.6 Å². The smallest absolute Gasteiger partial charge is 0.242 e. The maximum absolute atomic E-state index is 13.6. The van der Waals surface area contributed by atoms with E-state index in [1.54, 1.807) is 17.3 Å².